The van der Waals surface area contributed by atoms with E-state index in [1.807, 2.05) is 12.1 Å². The first-order chi connectivity index (χ1) is 12.6. The number of nitrogens with zero attached hydrogens (tertiary/aromatic N) is 2. The highest BCUT2D eigenvalue weighted by Gasteiger charge is 2.05. The molecule has 0 fully saturated rings. The van der Waals surface area contributed by atoms with Gasteiger partial charge in [-0.25, -0.2) is 8.78 Å². The molecular weight excluding hydrogens is 330 g/mol. The maximum absolute atomic E-state index is 13.5. The summed E-state index contributed by atoms with van der Waals surface area (Å²) in [6.07, 6.45) is 10.5. The average Bonchev–Trinajstić information content (AvgIpc) is 2.64. The molecule has 0 bridgehead atoms. The van der Waals surface area contributed by atoms with Crippen LogP contribution in [0.5, 0.6) is 0 Å². The van der Waals surface area contributed by atoms with Crippen LogP contribution in [-0.4, -0.2) is 12.4 Å². The summed E-state index contributed by atoms with van der Waals surface area (Å²) < 4.78 is 26.9. The van der Waals surface area contributed by atoms with Gasteiger partial charge in [-0.1, -0.05) is 56.9 Å². The number of aryl methyl sites for hydroxylation is 1. The van der Waals surface area contributed by atoms with Crippen molar-refractivity contribution in [1.82, 2.24) is 0 Å². The van der Waals surface area contributed by atoms with Crippen molar-refractivity contribution in [2.45, 2.75) is 52.4 Å². The van der Waals surface area contributed by atoms with E-state index in [2.05, 4.69) is 29.3 Å². The molecular formula is C22H26F2N2. The van der Waals surface area contributed by atoms with E-state index < -0.39 is 11.6 Å². The van der Waals surface area contributed by atoms with E-state index in [4.69, 9.17) is 0 Å². The van der Waals surface area contributed by atoms with Crippen LogP contribution in [0.15, 0.2) is 46.6 Å². The summed E-state index contributed by atoms with van der Waals surface area (Å²) in [6, 6.07) is 10.7. The lowest BCUT2D eigenvalue weighted by Gasteiger charge is -2.02. The first kappa shape index (κ1) is 20.0. The van der Waals surface area contributed by atoms with Gasteiger partial charge in [-0.05, 0) is 43.0 Å². The van der Waals surface area contributed by atoms with Crippen LogP contribution in [0.4, 0.5) is 8.78 Å². The predicted octanol–water partition coefficient (Wildman–Crippen LogP) is 6.24. The summed E-state index contributed by atoms with van der Waals surface area (Å²) >= 11 is 0. The minimum Gasteiger partial charge on any atom is -0.207 e. The van der Waals surface area contributed by atoms with Gasteiger partial charge in [0.25, 0.3) is 0 Å². The van der Waals surface area contributed by atoms with Crippen LogP contribution < -0.4 is 0 Å². The van der Waals surface area contributed by atoms with E-state index in [0.29, 0.717) is 5.56 Å². The molecule has 0 aliphatic heterocycles. The molecule has 0 aliphatic carbocycles. The van der Waals surface area contributed by atoms with Crippen LogP contribution in [-0.2, 0) is 6.42 Å². The van der Waals surface area contributed by atoms with Crippen molar-refractivity contribution in [2.24, 2.45) is 10.2 Å². The molecule has 0 unspecified atom stereocenters. The minimum absolute atomic E-state index is 0.0103. The fourth-order valence-electron chi connectivity index (χ4n) is 2.64. The van der Waals surface area contributed by atoms with E-state index in [-0.39, 0.29) is 5.56 Å². The topological polar surface area (TPSA) is 24.7 Å². The number of hydrogen-bond acceptors (Lipinski definition) is 2. The van der Waals surface area contributed by atoms with Crippen molar-refractivity contribution in [3.63, 3.8) is 0 Å². The lowest BCUT2D eigenvalue weighted by Crippen LogP contribution is -1.92. The normalized spacial score (nSPS) is 11.7. The van der Waals surface area contributed by atoms with Crippen LogP contribution in [0.2, 0.25) is 0 Å². The first-order valence-electron chi connectivity index (χ1n) is 9.21. The van der Waals surface area contributed by atoms with E-state index >= 15 is 0 Å². The van der Waals surface area contributed by atoms with Gasteiger partial charge in [0.05, 0.1) is 12.4 Å². The Morgan fingerprint density at radius 1 is 0.808 bits per heavy atom. The Morgan fingerprint density at radius 2 is 1.38 bits per heavy atom. The standard InChI is InChI=1S/C22H26F2N2/c1-3-4-5-6-7-8-18-9-11-19(12-10-18)15-25-26-16-20-13-21(23)17(2)22(24)14-20/h9-16H,3-8H2,1-2H3. The highest BCUT2D eigenvalue weighted by atomic mass is 19.1. The Bertz CT molecular complexity index is 726. The lowest BCUT2D eigenvalue weighted by molar-refractivity contribution is 0.568. The average molecular weight is 356 g/mol. The Labute approximate surface area is 154 Å². The number of benzene rings is 2. The molecule has 2 rings (SSSR count). The van der Waals surface area contributed by atoms with Gasteiger partial charge in [0, 0.05) is 11.1 Å². The van der Waals surface area contributed by atoms with Crippen molar-refractivity contribution in [2.75, 3.05) is 0 Å². The SMILES string of the molecule is CCCCCCCc1ccc(C=NN=Cc2cc(F)c(C)c(F)c2)cc1. The molecule has 0 aliphatic rings. The lowest BCUT2D eigenvalue weighted by atomic mass is 10.0. The van der Waals surface area contributed by atoms with Gasteiger partial charge in [-0.3, -0.25) is 0 Å². The molecule has 0 aromatic heterocycles. The first-order valence-corrected chi connectivity index (χ1v) is 9.21. The Hall–Kier alpha value is -2.36. The van der Waals surface area contributed by atoms with Gasteiger partial charge in [-0.2, -0.15) is 10.2 Å². The zero-order valence-electron chi connectivity index (χ0n) is 15.5. The number of hydrogen-bond donors (Lipinski definition) is 0. The molecule has 0 N–H and O–H groups in total. The van der Waals surface area contributed by atoms with E-state index in [1.54, 1.807) is 6.21 Å². The van der Waals surface area contributed by atoms with Gasteiger partial charge in [0.2, 0.25) is 0 Å². The molecule has 0 spiro atoms. The third-order valence-electron chi connectivity index (χ3n) is 4.33. The van der Waals surface area contributed by atoms with Crippen molar-refractivity contribution in [1.29, 1.82) is 0 Å². The highest BCUT2D eigenvalue weighted by Crippen LogP contribution is 2.13. The van der Waals surface area contributed by atoms with Gasteiger partial charge >= 0.3 is 0 Å². The summed E-state index contributed by atoms with van der Waals surface area (Å²) in [6.45, 7) is 3.63. The molecule has 0 radical (unpaired) electrons. The third-order valence-corrected chi connectivity index (χ3v) is 4.33. The molecule has 0 saturated heterocycles. The molecule has 0 saturated carbocycles. The van der Waals surface area contributed by atoms with E-state index in [9.17, 15) is 8.78 Å². The fourth-order valence-corrected chi connectivity index (χ4v) is 2.64. The van der Waals surface area contributed by atoms with Gasteiger partial charge in [0.1, 0.15) is 11.6 Å². The van der Waals surface area contributed by atoms with Crippen LogP contribution in [0.25, 0.3) is 0 Å². The third kappa shape index (κ3) is 6.51. The van der Waals surface area contributed by atoms with Crippen LogP contribution in [0.3, 0.4) is 0 Å². The zero-order chi connectivity index (χ0) is 18.8. The molecule has 2 nitrogen and oxygen atoms in total. The quantitative estimate of drug-likeness (QED) is 0.289. The molecule has 2 aromatic rings. The molecule has 0 heterocycles. The number of rotatable bonds is 9. The van der Waals surface area contributed by atoms with Crippen molar-refractivity contribution >= 4 is 12.4 Å². The van der Waals surface area contributed by atoms with Crippen LogP contribution in [0.1, 0.15) is 61.3 Å². The molecule has 0 amide bonds. The van der Waals surface area contributed by atoms with Crippen LogP contribution in [0, 0.1) is 18.6 Å². The van der Waals surface area contributed by atoms with Gasteiger partial charge < -0.3 is 0 Å². The van der Waals surface area contributed by atoms with Gasteiger partial charge in [-0.15, -0.1) is 0 Å². The molecule has 26 heavy (non-hydrogen) atoms. The second-order valence-electron chi connectivity index (χ2n) is 6.50. The number of unbranched alkanes of at least 4 members (excludes halogenated alkanes) is 4. The molecule has 2 aromatic carbocycles. The molecule has 0 atom stereocenters. The summed E-state index contributed by atoms with van der Waals surface area (Å²) in [4.78, 5) is 0. The Balaban J connectivity index is 1.84. The number of halogens is 2. The second-order valence-corrected chi connectivity index (χ2v) is 6.50. The predicted molar refractivity (Wildman–Crippen MR) is 105 cm³/mol. The van der Waals surface area contributed by atoms with E-state index in [1.165, 1.54) is 62.9 Å². The summed E-state index contributed by atoms with van der Waals surface area (Å²) in [7, 11) is 0. The fraction of sp³-hybridized carbons (Fsp3) is 0.364. The Kier molecular flexibility index (Phi) is 8.13. The monoisotopic (exact) mass is 356 g/mol. The van der Waals surface area contributed by atoms with Crippen molar-refractivity contribution < 1.29 is 8.78 Å². The Morgan fingerprint density at radius 3 is 2.00 bits per heavy atom. The van der Waals surface area contributed by atoms with Crippen molar-refractivity contribution in [3.8, 4) is 0 Å². The smallest absolute Gasteiger partial charge is 0.129 e. The summed E-state index contributed by atoms with van der Waals surface area (Å²) in [5.41, 5.74) is 2.63. The molecule has 138 valence electrons. The maximum atomic E-state index is 13.5. The zero-order valence-corrected chi connectivity index (χ0v) is 15.5. The van der Waals surface area contributed by atoms with Gasteiger partial charge in [0.15, 0.2) is 0 Å². The van der Waals surface area contributed by atoms with E-state index in [0.717, 1.165) is 12.0 Å². The second kappa shape index (κ2) is 10.6. The highest BCUT2D eigenvalue weighted by molar-refractivity contribution is 5.82. The maximum Gasteiger partial charge on any atom is 0.129 e. The summed E-state index contributed by atoms with van der Waals surface area (Å²) in [5.74, 6) is -1.17. The molecule has 4 heteroatoms. The van der Waals surface area contributed by atoms with Crippen LogP contribution >= 0.6 is 0 Å². The summed E-state index contributed by atoms with van der Waals surface area (Å²) in [5, 5.41) is 7.80. The van der Waals surface area contributed by atoms with Crippen molar-refractivity contribution in [3.05, 3.63) is 70.3 Å². The largest absolute Gasteiger partial charge is 0.207 e. The minimum atomic E-state index is -0.583.